The first-order chi connectivity index (χ1) is 9.66. The average Bonchev–Trinajstić information content (AvgIpc) is 2.85. The van der Waals surface area contributed by atoms with Crippen molar-refractivity contribution in [3.8, 4) is 0 Å². The standard InChI is InChI=1S/C15H18N2OS2/c1-8(9-4-2-5-9)17-14(18)12-10-6-3-7-11(10)20-13(12)16-15(17)19/h8-9H,2-7H2,1H3,(H,16,19). The molecule has 1 unspecified atom stereocenters. The van der Waals surface area contributed by atoms with E-state index in [4.69, 9.17) is 12.2 Å². The van der Waals surface area contributed by atoms with E-state index >= 15 is 0 Å². The van der Waals surface area contributed by atoms with Gasteiger partial charge >= 0.3 is 0 Å². The quantitative estimate of drug-likeness (QED) is 0.853. The molecule has 0 saturated heterocycles. The van der Waals surface area contributed by atoms with E-state index in [0.717, 1.165) is 23.1 Å². The molecule has 0 amide bonds. The van der Waals surface area contributed by atoms with Crippen molar-refractivity contribution >= 4 is 33.8 Å². The normalized spacial score (nSPS) is 20.1. The molecule has 0 bridgehead atoms. The van der Waals surface area contributed by atoms with Gasteiger partial charge in [-0.1, -0.05) is 6.42 Å². The van der Waals surface area contributed by atoms with Gasteiger partial charge in [-0.05, 0) is 62.7 Å². The minimum absolute atomic E-state index is 0.141. The molecule has 4 rings (SSSR count). The zero-order valence-corrected chi connectivity index (χ0v) is 13.2. The van der Waals surface area contributed by atoms with E-state index in [0.29, 0.717) is 10.7 Å². The first-order valence-electron chi connectivity index (χ1n) is 7.46. The van der Waals surface area contributed by atoms with Gasteiger partial charge in [0.05, 0.1) is 5.39 Å². The van der Waals surface area contributed by atoms with E-state index in [9.17, 15) is 4.79 Å². The minimum atomic E-state index is 0.141. The van der Waals surface area contributed by atoms with Gasteiger partial charge in [0.1, 0.15) is 4.83 Å². The molecule has 20 heavy (non-hydrogen) atoms. The van der Waals surface area contributed by atoms with Crippen LogP contribution in [0.5, 0.6) is 0 Å². The van der Waals surface area contributed by atoms with Crippen LogP contribution in [-0.2, 0) is 12.8 Å². The summed E-state index contributed by atoms with van der Waals surface area (Å²) < 4.78 is 2.44. The number of nitrogens with one attached hydrogen (secondary N) is 1. The van der Waals surface area contributed by atoms with Gasteiger partial charge in [0.25, 0.3) is 5.56 Å². The summed E-state index contributed by atoms with van der Waals surface area (Å²) in [7, 11) is 0. The third-order valence-electron chi connectivity index (χ3n) is 5.03. The Kier molecular flexibility index (Phi) is 2.89. The van der Waals surface area contributed by atoms with Crippen LogP contribution in [0.25, 0.3) is 10.2 Å². The van der Waals surface area contributed by atoms with Crippen LogP contribution in [0.1, 0.15) is 49.1 Å². The Hall–Kier alpha value is -0.940. The second-order valence-electron chi connectivity index (χ2n) is 6.10. The molecule has 2 aliphatic carbocycles. The largest absolute Gasteiger partial charge is 0.323 e. The molecule has 0 spiro atoms. The Labute approximate surface area is 126 Å². The molecule has 1 N–H and O–H groups in total. The predicted octanol–water partition coefficient (Wildman–Crippen LogP) is 3.97. The lowest BCUT2D eigenvalue weighted by Gasteiger charge is -2.32. The number of fused-ring (bicyclic) bond motifs is 3. The molecule has 2 aromatic heterocycles. The topological polar surface area (TPSA) is 37.8 Å². The molecule has 3 nitrogen and oxygen atoms in total. The SMILES string of the molecule is CC(C1CCC1)n1c(=S)[nH]c2sc3c(c2c1=O)CCC3. The van der Waals surface area contributed by atoms with Gasteiger partial charge in [-0.2, -0.15) is 0 Å². The van der Waals surface area contributed by atoms with E-state index < -0.39 is 0 Å². The van der Waals surface area contributed by atoms with Crippen molar-refractivity contribution in [2.24, 2.45) is 5.92 Å². The Bertz CT molecular complexity index is 795. The number of rotatable bonds is 2. The number of H-pyrrole nitrogens is 1. The number of hydrogen-bond acceptors (Lipinski definition) is 3. The fourth-order valence-electron chi connectivity index (χ4n) is 3.59. The molecule has 5 heteroatoms. The van der Waals surface area contributed by atoms with Crippen LogP contribution in [-0.4, -0.2) is 9.55 Å². The molecule has 1 saturated carbocycles. The Morgan fingerprint density at radius 3 is 2.85 bits per heavy atom. The highest BCUT2D eigenvalue weighted by molar-refractivity contribution is 7.71. The summed E-state index contributed by atoms with van der Waals surface area (Å²) in [5.41, 5.74) is 1.43. The molecule has 0 radical (unpaired) electrons. The molecule has 2 aliphatic rings. The number of nitrogens with zero attached hydrogens (tertiary/aromatic N) is 1. The first kappa shape index (κ1) is 12.8. The van der Waals surface area contributed by atoms with E-state index in [1.54, 1.807) is 11.3 Å². The van der Waals surface area contributed by atoms with Crippen LogP contribution >= 0.6 is 23.6 Å². The van der Waals surface area contributed by atoms with Gasteiger partial charge in [0, 0.05) is 10.9 Å². The maximum Gasteiger partial charge on any atom is 0.263 e. The number of aryl methyl sites for hydroxylation is 2. The molecule has 1 atom stereocenters. The summed E-state index contributed by atoms with van der Waals surface area (Å²) >= 11 is 7.18. The number of aromatic amines is 1. The highest BCUT2D eigenvalue weighted by Crippen LogP contribution is 2.37. The number of aromatic nitrogens is 2. The zero-order valence-electron chi connectivity index (χ0n) is 11.6. The third-order valence-corrected chi connectivity index (χ3v) is 6.54. The number of thiophene rings is 1. The van der Waals surface area contributed by atoms with Gasteiger partial charge in [0.2, 0.25) is 0 Å². The molecular formula is C15H18N2OS2. The highest BCUT2D eigenvalue weighted by Gasteiger charge is 2.28. The number of hydrogen-bond donors (Lipinski definition) is 1. The molecule has 1 fully saturated rings. The summed E-state index contributed by atoms with van der Waals surface area (Å²) in [6.45, 7) is 2.15. The van der Waals surface area contributed by atoms with Crippen molar-refractivity contribution in [2.45, 2.75) is 51.5 Å². The van der Waals surface area contributed by atoms with Crippen molar-refractivity contribution in [1.29, 1.82) is 0 Å². The summed E-state index contributed by atoms with van der Waals surface area (Å²) in [5, 5.41) is 0.919. The molecule has 2 heterocycles. The van der Waals surface area contributed by atoms with Crippen LogP contribution < -0.4 is 5.56 Å². The van der Waals surface area contributed by atoms with Crippen molar-refractivity contribution in [2.75, 3.05) is 0 Å². The van der Waals surface area contributed by atoms with Crippen LogP contribution in [0.4, 0.5) is 0 Å². The second-order valence-corrected chi connectivity index (χ2v) is 7.59. The molecule has 106 valence electrons. The summed E-state index contributed by atoms with van der Waals surface area (Å²) in [5.74, 6) is 0.618. The average molecular weight is 306 g/mol. The van der Waals surface area contributed by atoms with Crippen LogP contribution in [0, 0.1) is 10.7 Å². The second kappa shape index (κ2) is 4.53. The Morgan fingerprint density at radius 1 is 1.35 bits per heavy atom. The maximum absolute atomic E-state index is 12.9. The predicted molar refractivity (Wildman–Crippen MR) is 85.3 cm³/mol. The van der Waals surface area contributed by atoms with Gasteiger partial charge in [0.15, 0.2) is 4.77 Å². The molecular weight excluding hydrogens is 288 g/mol. The maximum atomic E-state index is 12.9. The lowest BCUT2D eigenvalue weighted by Crippen LogP contribution is -2.32. The Balaban J connectivity index is 1.97. The van der Waals surface area contributed by atoms with E-state index in [2.05, 4.69) is 11.9 Å². The van der Waals surface area contributed by atoms with Gasteiger partial charge < -0.3 is 4.98 Å². The van der Waals surface area contributed by atoms with Gasteiger partial charge in [-0.15, -0.1) is 11.3 Å². The van der Waals surface area contributed by atoms with Crippen molar-refractivity contribution in [1.82, 2.24) is 9.55 Å². The minimum Gasteiger partial charge on any atom is -0.323 e. The van der Waals surface area contributed by atoms with Gasteiger partial charge in [-0.25, -0.2) is 0 Å². The Morgan fingerprint density at radius 2 is 2.15 bits per heavy atom. The van der Waals surface area contributed by atoms with Crippen LogP contribution in [0.15, 0.2) is 4.79 Å². The van der Waals surface area contributed by atoms with Crippen molar-refractivity contribution in [3.63, 3.8) is 0 Å². The summed E-state index contributed by atoms with van der Waals surface area (Å²) in [4.78, 5) is 18.6. The first-order valence-corrected chi connectivity index (χ1v) is 8.68. The molecule has 0 aliphatic heterocycles. The van der Waals surface area contributed by atoms with E-state index in [-0.39, 0.29) is 11.6 Å². The van der Waals surface area contributed by atoms with Crippen LogP contribution in [0.3, 0.4) is 0 Å². The van der Waals surface area contributed by atoms with Crippen LogP contribution in [0.2, 0.25) is 0 Å². The van der Waals surface area contributed by atoms with Crippen molar-refractivity contribution in [3.05, 3.63) is 25.6 Å². The fraction of sp³-hybridized carbons (Fsp3) is 0.600. The molecule has 0 aromatic carbocycles. The fourth-order valence-corrected chi connectivity index (χ4v) is 5.29. The lowest BCUT2D eigenvalue weighted by molar-refractivity contribution is 0.217. The highest BCUT2D eigenvalue weighted by atomic mass is 32.1. The summed E-state index contributed by atoms with van der Waals surface area (Å²) in [6, 6.07) is 0.223. The van der Waals surface area contributed by atoms with E-state index in [1.165, 1.54) is 36.1 Å². The smallest absolute Gasteiger partial charge is 0.263 e. The summed E-state index contributed by atoms with van der Waals surface area (Å²) in [6.07, 6.45) is 7.09. The van der Waals surface area contributed by atoms with E-state index in [1.807, 2.05) is 4.57 Å². The monoisotopic (exact) mass is 306 g/mol. The lowest BCUT2D eigenvalue weighted by atomic mass is 9.80. The van der Waals surface area contributed by atoms with Crippen molar-refractivity contribution < 1.29 is 0 Å². The third kappa shape index (κ3) is 1.69. The van der Waals surface area contributed by atoms with Gasteiger partial charge in [-0.3, -0.25) is 9.36 Å². The molecule has 2 aromatic rings. The zero-order chi connectivity index (χ0) is 13.9.